The Labute approximate surface area is 166 Å². The van der Waals surface area contributed by atoms with Crippen molar-refractivity contribution >= 4 is 22.0 Å². The smallest absolute Gasteiger partial charge is 0.409 e. The lowest BCUT2D eigenvalue weighted by Crippen LogP contribution is -2.55. The Bertz CT molecular complexity index is 816. The Balaban J connectivity index is 1.68. The molecule has 0 N–H and O–H groups in total. The van der Waals surface area contributed by atoms with Gasteiger partial charge in [0.1, 0.15) is 6.04 Å². The summed E-state index contributed by atoms with van der Waals surface area (Å²) in [7, 11) is -3.72. The highest BCUT2D eigenvalue weighted by atomic mass is 32.2. The van der Waals surface area contributed by atoms with Crippen LogP contribution in [0.4, 0.5) is 4.79 Å². The van der Waals surface area contributed by atoms with Crippen molar-refractivity contribution in [3.05, 3.63) is 29.8 Å². The summed E-state index contributed by atoms with van der Waals surface area (Å²) in [5.41, 5.74) is 0.979. The zero-order valence-electron chi connectivity index (χ0n) is 16.3. The van der Waals surface area contributed by atoms with Gasteiger partial charge in [0.2, 0.25) is 15.9 Å². The minimum Gasteiger partial charge on any atom is -0.450 e. The predicted molar refractivity (Wildman–Crippen MR) is 103 cm³/mol. The maximum atomic E-state index is 13.0. The molecule has 0 aromatic heterocycles. The minimum atomic E-state index is -3.72. The first-order valence-corrected chi connectivity index (χ1v) is 11.1. The van der Waals surface area contributed by atoms with Gasteiger partial charge >= 0.3 is 6.09 Å². The van der Waals surface area contributed by atoms with E-state index in [-0.39, 0.29) is 16.9 Å². The highest BCUT2D eigenvalue weighted by Gasteiger charge is 2.41. The van der Waals surface area contributed by atoms with Crippen LogP contribution in [-0.2, 0) is 19.6 Å². The molecule has 3 rings (SSSR count). The molecule has 2 aliphatic heterocycles. The van der Waals surface area contributed by atoms with Gasteiger partial charge in [-0.1, -0.05) is 17.7 Å². The molecule has 28 heavy (non-hydrogen) atoms. The first-order chi connectivity index (χ1) is 13.3. The number of hydrogen-bond acceptors (Lipinski definition) is 5. The standard InChI is InChI=1S/C19H27N3O5S/c1-3-27-19(24)21-13-11-20(12-14-21)18(23)17-5-4-10-22(17)28(25,26)16-8-6-15(2)7-9-16/h6-9,17H,3-5,10-14H2,1-2H3. The number of sulfonamides is 1. The van der Waals surface area contributed by atoms with Crippen molar-refractivity contribution in [1.82, 2.24) is 14.1 Å². The fraction of sp³-hybridized carbons (Fsp3) is 0.579. The molecule has 1 aromatic rings. The normalized spacial score (nSPS) is 21.0. The topological polar surface area (TPSA) is 87.2 Å². The maximum Gasteiger partial charge on any atom is 0.409 e. The van der Waals surface area contributed by atoms with E-state index in [0.29, 0.717) is 52.2 Å². The number of ether oxygens (including phenoxy) is 1. The van der Waals surface area contributed by atoms with E-state index in [1.54, 1.807) is 41.0 Å². The molecular weight excluding hydrogens is 382 g/mol. The average molecular weight is 410 g/mol. The van der Waals surface area contributed by atoms with Crippen molar-refractivity contribution < 1.29 is 22.7 Å². The monoisotopic (exact) mass is 409 g/mol. The molecule has 154 valence electrons. The van der Waals surface area contributed by atoms with Gasteiger partial charge in [-0.25, -0.2) is 13.2 Å². The molecule has 0 spiro atoms. The molecule has 2 fully saturated rings. The summed E-state index contributed by atoms with van der Waals surface area (Å²) < 4.78 is 32.4. The van der Waals surface area contributed by atoms with Gasteiger partial charge in [0.25, 0.3) is 0 Å². The van der Waals surface area contributed by atoms with E-state index >= 15 is 0 Å². The molecule has 9 heteroatoms. The van der Waals surface area contributed by atoms with E-state index in [4.69, 9.17) is 4.74 Å². The molecule has 1 atom stereocenters. The van der Waals surface area contributed by atoms with Crippen LogP contribution in [0.25, 0.3) is 0 Å². The predicted octanol–water partition coefficient (Wildman–Crippen LogP) is 1.45. The van der Waals surface area contributed by atoms with Crippen molar-refractivity contribution in [2.24, 2.45) is 0 Å². The van der Waals surface area contributed by atoms with Crippen LogP contribution in [0.5, 0.6) is 0 Å². The third-order valence-electron chi connectivity index (χ3n) is 5.23. The molecule has 2 aliphatic rings. The second-order valence-corrected chi connectivity index (χ2v) is 8.99. The number of rotatable bonds is 4. The average Bonchev–Trinajstić information content (AvgIpc) is 3.19. The zero-order valence-corrected chi connectivity index (χ0v) is 17.2. The summed E-state index contributed by atoms with van der Waals surface area (Å²) in [6.45, 7) is 5.85. The van der Waals surface area contributed by atoms with Gasteiger partial charge in [0.15, 0.2) is 0 Å². The number of carbonyl (C=O) groups is 2. The molecule has 0 saturated carbocycles. The van der Waals surface area contributed by atoms with Crippen LogP contribution < -0.4 is 0 Å². The number of nitrogens with zero attached hydrogens (tertiary/aromatic N) is 3. The Hall–Kier alpha value is -2.13. The fourth-order valence-electron chi connectivity index (χ4n) is 3.66. The molecule has 0 radical (unpaired) electrons. The number of hydrogen-bond donors (Lipinski definition) is 0. The summed E-state index contributed by atoms with van der Waals surface area (Å²) in [6, 6.07) is 6.01. The van der Waals surface area contributed by atoms with Crippen molar-refractivity contribution in [2.75, 3.05) is 39.3 Å². The van der Waals surface area contributed by atoms with Gasteiger partial charge in [-0.2, -0.15) is 4.31 Å². The number of piperazine rings is 1. The Morgan fingerprint density at radius 3 is 2.25 bits per heavy atom. The third-order valence-corrected chi connectivity index (χ3v) is 7.16. The number of aryl methyl sites for hydroxylation is 1. The molecule has 2 saturated heterocycles. The van der Waals surface area contributed by atoms with Gasteiger partial charge in [-0.15, -0.1) is 0 Å². The highest BCUT2D eigenvalue weighted by molar-refractivity contribution is 7.89. The highest BCUT2D eigenvalue weighted by Crippen LogP contribution is 2.27. The SMILES string of the molecule is CCOC(=O)N1CCN(C(=O)C2CCCN2S(=O)(=O)c2ccc(C)cc2)CC1. The summed E-state index contributed by atoms with van der Waals surface area (Å²) in [6.07, 6.45) is 0.797. The van der Waals surface area contributed by atoms with Gasteiger partial charge in [-0.3, -0.25) is 4.79 Å². The van der Waals surface area contributed by atoms with Crippen molar-refractivity contribution in [3.63, 3.8) is 0 Å². The summed E-state index contributed by atoms with van der Waals surface area (Å²) in [5.74, 6) is -0.184. The molecule has 2 heterocycles. The van der Waals surface area contributed by atoms with Crippen molar-refractivity contribution in [1.29, 1.82) is 0 Å². The van der Waals surface area contributed by atoms with Crippen LogP contribution in [0.2, 0.25) is 0 Å². The van der Waals surface area contributed by atoms with Crippen molar-refractivity contribution in [3.8, 4) is 0 Å². The second kappa shape index (κ2) is 8.48. The largest absolute Gasteiger partial charge is 0.450 e. The zero-order chi connectivity index (χ0) is 20.3. The molecule has 0 aliphatic carbocycles. The lowest BCUT2D eigenvalue weighted by atomic mass is 10.2. The Morgan fingerprint density at radius 1 is 1.04 bits per heavy atom. The van der Waals surface area contributed by atoms with E-state index in [1.807, 2.05) is 6.92 Å². The first kappa shape index (κ1) is 20.6. The minimum absolute atomic E-state index is 0.184. The molecular formula is C19H27N3O5S. The Kier molecular flexibility index (Phi) is 6.24. The van der Waals surface area contributed by atoms with Crippen molar-refractivity contribution in [2.45, 2.75) is 37.6 Å². The summed E-state index contributed by atoms with van der Waals surface area (Å²) in [5, 5.41) is 0. The van der Waals surface area contributed by atoms with Gasteiger partial charge in [0.05, 0.1) is 11.5 Å². The van der Waals surface area contributed by atoms with E-state index in [2.05, 4.69) is 0 Å². The van der Waals surface area contributed by atoms with Crippen LogP contribution in [0.1, 0.15) is 25.3 Å². The van der Waals surface area contributed by atoms with E-state index < -0.39 is 16.1 Å². The lowest BCUT2D eigenvalue weighted by molar-refractivity contribution is -0.136. The van der Waals surface area contributed by atoms with Crippen LogP contribution in [0.15, 0.2) is 29.2 Å². The van der Waals surface area contributed by atoms with E-state index in [1.165, 1.54) is 4.31 Å². The molecule has 1 unspecified atom stereocenters. The van der Waals surface area contributed by atoms with Crippen LogP contribution in [0.3, 0.4) is 0 Å². The van der Waals surface area contributed by atoms with E-state index in [0.717, 1.165) is 5.56 Å². The summed E-state index contributed by atoms with van der Waals surface area (Å²) >= 11 is 0. The quantitative estimate of drug-likeness (QED) is 0.751. The third kappa shape index (κ3) is 4.15. The molecule has 0 bridgehead atoms. The van der Waals surface area contributed by atoms with Gasteiger partial charge in [0, 0.05) is 32.7 Å². The Morgan fingerprint density at radius 2 is 1.64 bits per heavy atom. The molecule has 8 nitrogen and oxygen atoms in total. The number of carbonyl (C=O) groups excluding carboxylic acids is 2. The molecule has 1 aromatic carbocycles. The second-order valence-electron chi connectivity index (χ2n) is 7.10. The number of amides is 2. The lowest BCUT2D eigenvalue weighted by Gasteiger charge is -2.36. The maximum absolute atomic E-state index is 13.0. The summed E-state index contributed by atoms with van der Waals surface area (Å²) in [4.78, 5) is 28.3. The fourth-order valence-corrected chi connectivity index (χ4v) is 5.31. The van der Waals surface area contributed by atoms with E-state index in [9.17, 15) is 18.0 Å². The van der Waals surface area contributed by atoms with Gasteiger partial charge in [-0.05, 0) is 38.8 Å². The van der Waals surface area contributed by atoms with Crippen LogP contribution in [-0.4, -0.2) is 79.9 Å². The van der Waals surface area contributed by atoms with Gasteiger partial charge < -0.3 is 14.5 Å². The molecule has 2 amide bonds. The number of benzene rings is 1. The van der Waals surface area contributed by atoms with Crippen LogP contribution >= 0.6 is 0 Å². The first-order valence-electron chi connectivity index (χ1n) is 9.63. The van der Waals surface area contributed by atoms with Crippen LogP contribution in [0, 0.1) is 6.92 Å².